The Morgan fingerprint density at radius 1 is 0.277 bits per heavy atom. The van der Waals surface area contributed by atoms with Crippen LogP contribution in [-0.2, 0) is 4.79 Å². The molecule has 2 atom stereocenters. The van der Waals surface area contributed by atoms with Gasteiger partial charge in [-0.1, -0.05) is 416 Å². The number of aliphatic hydroxyl groups is 2. The molecule has 4 nitrogen and oxygen atoms in total. The standard InChI is InChI=1S/C79H153NO3/c1-3-5-7-9-11-13-15-17-19-21-23-25-27-29-31-33-35-37-38-39-40-41-42-43-45-47-49-51-53-55-57-59-61-63-65-67-69-71-73-75-79(83)80-77(76-81)78(82)74-72-70-68-66-64-62-60-58-56-54-52-50-48-46-44-36-34-32-30-28-26-24-22-20-18-16-14-12-10-8-6-4-2/h21,23,64,66,72,74,77-78,81-82H,3-20,22,24-63,65,67-71,73,75-76H2,1-2H3,(H,80,83)/b23-21-,66-64+,74-72+. The number of unbranched alkanes of at least 4 members (excludes halogenated alkanes) is 62. The zero-order valence-electron chi connectivity index (χ0n) is 57.0. The summed E-state index contributed by atoms with van der Waals surface area (Å²) < 4.78 is 0. The van der Waals surface area contributed by atoms with Gasteiger partial charge in [0.2, 0.25) is 5.91 Å². The van der Waals surface area contributed by atoms with Crippen molar-refractivity contribution >= 4 is 5.91 Å². The average molecular weight is 1170 g/mol. The molecule has 83 heavy (non-hydrogen) atoms. The van der Waals surface area contributed by atoms with E-state index in [1.807, 2.05) is 6.08 Å². The quantitative estimate of drug-likeness (QED) is 0.0420. The molecular formula is C79H153NO3. The predicted molar refractivity (Wildman–Crippen MR) is 373 cm³/mol. The molecule has 0 saturated heterocycles. The van der Waals surface area contributed by atoms with Gasteiger partial charge in [0.25, 0.3) is 0 Å². The van der Waals surface area contributed by atoms with E-state index >= 15 is 0 Å². The minimum absolute atomic E-state index is 0.0640. The Bertz CT molecular complexity index is 1270. The van der Waals surface area contributed by atoms with Gasteiger partial charge in [0.15, 0.2) is 0 Å². The molecule has 0 bridgehead atoms. The Labute approximate surface area is 522 Å². The van der Waals surface area contributed by atoms with Crippen molar-refractivity contribution in [2.45, 2.75) is 456 Å². The fourth-order valence-electron chi connectivity index (χ4n) is 12.5. The van der Waals surface area contributed by atoms with Gasteiger partial charge in [0, 0.05) is 6.42 Å². The summed E-state index contributed by atoms with van der Waals surface area (Å²) in [5, 5.41) is 23.3. The Morgan fingerprint density at radius 2 is 0.470 bits per heavy atom. The molecule has 0 aromatic rings. The predicted octanol–water partition coefficient (Wildman–Crippen LogP) is 26.7. The van der Waals surface area contributed by atoms with Crippen LogP contribution in [0.1, 0.15) is 444 Å². The van der Waals surface area contributed by atoms with Gasteiger partial charge in [-0.3, -0.25) is 4.79 Å². The van der Waals surface area contributed by atoms with E-state index in [1.54, 1.807) is 6.08 Å². The first-order valence-electron chi connectivity index (χ1n) is 38.7. The van der Waals surface area contributed by atoms with Crippen molar-refractivity contribution in [1.82, 2.24) is 5.32 Å². The van der Waals surface area contributed by atoms with Crippen molar-refractivity contribution in [3.63, 3.8) is 0 Å². The molecule has 0 spiro atoms. The molecule has 0 aliphatic heterocycles. The van der Waals surface area contributed by atoms with Crippen molar-refractivity contribution in [1.29, 1.82) is 0 Å². The number of nitrogens with one attached hydrogen (secondary N) is 1. The van der Waals surface area contributed by atoms with Crippen LogP contribution in [-0.4, -0.2) is 34.9 Å². The van der Waals surface area contributed by atoms with Crippen LogP contribution in [0.15, 0.2) is 36.5 Å². The van der Waals surface area contributed by atoms with Crippen molar-refractivity contribution in [2.75, 3.05) is 6.61 Å². The Balaban J connectivity index is 3.40. The Hall–Kier alpha value is -1.39. The van der Waals surface area contributed by atoms with Crippen molar-refractivity contribution in [3.05, 3.63) is 36.5 Å². The normalized spacial score (nSPS) is 12.8. The highest BCUT2D eigenvalue weighted by Crippen LogP contribution is 2.20. The monoisotopic (exact) mass is 1160 g/mol. The van der Waals surface area contributed by atoms with Crippen molar-refractivity contribution in [3.8, 4) is 0 Å². The maximum absolute atomic E-state index is 12.6. The molecule has 4 heteroatoms. The number of rotatable bonds is 73. The summed E-state index contributed by atoms with van der Waals surface area (Å²) in [6.45, 7) is 4.35. The minimum Gasteiger partial charge on any atom is -0.394 e. The summed E-state index contributed by atoms with van der Waals surface area (Å²) in [6.07, 6.45) is 104. The van der Waals surface area contributed by atoms with Crippen molar-refractivity contribution < 1.29 is 15.0 Å². The van der Waals surface area contributed by atoms with Gasteiger partial charge >= 0.3 is 0 Å². The van der Waals surface area contributed by atoms with Gasteiger partial charge < -0.3 is 15.5 Å². The summed E-state index contributed by atoms with van der Waals surface area (Å²) in [4.78, 5) is 12.6. The molecule has 0 radical (unpaired) electrons. The Morgan fingerprint density at radius 3 is 0.699 bits per heavy atom. The second-order valence-electron chi connectivity index (χ2n) is 26.8. The van der Waals surface area contributed by atoms with Gasteiger partial charge in [-0.25, -0.2) is 0 Å². The highest BCUT2D eigenvalue weighted by atomic mass is 16.3. The van der Waals surface area contributed by atoms with Crippen LogP contribution in [0.4, 0.5) is 0 Å². The molecule has 492 valence electrons. The highest BCUT2D eigenvalue weighted by molar-refractivity contribution is 5.76. The van der Waals surface area contributed by atoms with Crippen LogP contribution in [0.25, 0.3) is 0 Å². The second kappa shape index (κ2) is 74.9. The summed E-state index contributed by atoms with van der Waals surface area (Å²) >= 11 is 0. The molecule has 0 heterocycles. The maximum atomic E-state index is 12.6. The van der Waals surface area contributed by atoms with Gasteiger partial charge in [-0.05, 0) is 57.8 Å². The molecule has 0 rings (SSSR count). The van der Waals surface area contributed by atoms with Crippen LogP contribution in [0.2, 0.25) is 0 Å². The molecule has 0 aromatic carbocycles. The van der Waals surface area contributed by atoms with Gasteiger partial charge in [0.1, 0.15) is 0 Å². The van der Waals surface area contributed by atoms with E-state index < -0.39 is 12.1 Å². The first-order chi connectivity index (χ1) is 41.2. The smallest absolute Gasteiger partial charge is 0.220 e. The fraction of sp³-hybridized carbons (Fsp3) is 0.911. The Kier molecular flexibility index (Phi) is 73.6. The van der Waals surface area contributed by atoms with E-state index in [-0.39, 0.29) is 12.5 Å². The van der Waals surface area contributed by atoms with Gasteiger partial charge in [0.05, 0.1) is 18.8 Å². The van der Waals surface area contributed by atoms with Gasteiger partial charge in [-0.15, -0.1) is 0 Å². The first kappa shape index (κ1) is 81.6. The molecule has 0 fully saturated rings. The lowest BCUT2D eigenvalue weighted by Crippen LogP contribution is -2.45. The number of amides is 1. The molecule has 0 aliphatic rings. The largest absolute Gasteiger partial charge is 0.394 e. The number of allylic oxidation sites excluding steroid dienone is 5. The van der Waals surface area contributed by atoms with E-state index in [4.69, 9.17) is 0 Å². The molecule has 0 saturated carbocycles. The fourth-order valence-corrected chi connectivity index (χ4v) is 12.5. The van der Waals surface area contributed by atoms with E-state index in [2.05, 4.69) is 43.5 Å². The third kappa shape index (κ3) is 71.3. The van der Waals surface area contributed by atoms with Crippen LogP contribution >= 0.6 is 0 Å². The molecular weight excluding hydrogens is 1010 g/mol. The number of carbonyl (C=O) groups is 1. The SMILES string of the molecule is CCCCCCCCCC/C=C\CCCCCCCCCCCCCCCCCCCCCCCCCCCCCC(=O)NC(CO)C(O)/C=C/CC/C=C/CCCCCCCCCCCCCCCCCCCCCCCCCCCC. The molecule has 2 unspecified atom stereocenters. The molecule has 1 amide bonds. The van der Waals surface area contributed by atoms with Crippen molar-refractivity contribution in [2.24, 2.45) is 0 Å². The summed E-state index contributed by atoms with van der Waals surface area (Å²) in [5.74, 6) is -0.0640. The lowest BCUT2D eigenvalue weighted by molar-refractivity contribution is -0.123. The number of hydrogen-bond donors (Lipinski definition) is 3. The molecule has 3 N–H and O–H groups in total. The van der Waals surface area contributed by atoms with Crippen LogP contribution in [0.5, 0.6) is 0 Å². The topological polar surface area (TPSA) is 69.6 Å². The van der Waals surface area contributed by atoms with Crippen LogP contribution in [0, 0.1) is 0 Å². The molecule has 0 aromatic heterocycles. The highest BCUT2D eigenvalue weighted by Gasteiger charge is 2.18. The first-order valence-corrected chi connectivity index (χ1v) is 38.7. The number of aliphatic hydroxyl groups excluding tert-OH is 2. The lowest BCUT2D eigenvalue weighted by atomic mass is 10.0. The number of carbonyl (C=O) groups excluding carboxylic acids is 1. The minimum atomic E-state index is -0.863. The second-order valence-corrected chi connectivity index (χ2v) is 26.8. The van der Waals surface area contributed by atoms with E-state index in [0.29, 0.717) is 6.42 Å². The zero-order chi connectivity index (χ0) is 59.8. The van der Waals surface area contributed by atoms with Gasteiger partial charge in [-0.2, -0.15) is 0 Å². The zero-order valence-corrected chi connectivity index (χ0v) is 57.0. The summed E-state index contributed by atoms with van der Waals surface area (Å²) in [5.41, 5.74) is 0. The third-order valence-corrected chi connectivity index (χ3v) is 18.3. The number of hydrogen-bond acceptors (Lipinski definition) is 3. The van der Waals surface area contributed by atoms with E-state index in [1.165, 1.54) is 392 Å². The maximum Gasteiger partial charge on any atom is 0.220 e. The lowest BCUT2D eigenvalue weighted by Gasteiger charge is -2.19. The van der Waals surface area contributed by atoms with E-state index in [9.17, 15) is 15.0 Å². The van der Waals surface area contributed by atoms with E-state index in [0.717, 1.165) is 32.1 Å². The van der Waals surface area contributed by atoms with Crippen LogP contribution in [0.3, 0.4) is 0 Å². The van der Waals surface area contributed by atoms with Crippen LogP contribution < -0.4 is 5.32 Å². The average Bonchev–Trinajstić information content (AvgIpc) is 3.51. The third-order valence-electron chi connectivity index (χ3n) is 18.3. The summed E-state index contributed by atoms with van der Waals surface area (Å²) in [7, 11) is 0. The molecule has 0 aliphatic carbocycles. The summed E-state index contributed by atoms with van der Waals surface area (Å²) in [6, 6.07) is -0.639.